The molecule has 0 N–H and O–H groups in total. The van der Waals surface area contributed by atoms with Crippen molar-refractivity contribution in [3.05, 3.63) is 59.2 Å². The van der Waals surface area contributed by atoms with Gasteiger partial charge in [-0.1, -0.05) is 29.4 Å². The number of carbonyl (C=O) groups is 1. The van der Waals surface area contributed by atoms with E-state index < -0.39 is 0 Å². The Morgan fingerprint density at radius 2 is 2.04 bits per heavy atom. The fraction of sp³-hybridized carbons (Fsp3) is 0.400. The molecule has 0 aliphatic carbocycles. The molecular formula is C20H24FN3O2. The van der Waals surface area contributed by atoms with E-state index in [0.717, 1.165) is 50.4 Å². The number of aryl methyl sites for hydroxylation is 1. The molecule has 2 aromatic rings. The highest BCUT2D eigenvalue weighted by atomic mass is 19.1. The monoisotopic (exact) mass is 357 g/mol. The van der Waals surface area contributed by atoms with E-state index in [1.165, 1.54) is 12.1 Å². The van der Waals surface area contributed by atoms with Gasteiger partial charge in [0.1, 0.15) is 11.6 Å². The lowest BCUT2D eigenvalue weighted by Gasteiger charge is -2.20. The molecule has 1 saturated heterocycles. The van der Waals surface area contributed by atoms with Gasteiger partial charge in [0.25, 0.3) is 0 Å². The van der Waals surface area contributed by atoms with Crippen molar-refractivity contribution >= 4 is 12.0 Å². The Hall–Kier alpha value is -2.47. The molecule has 0 bridgehead atoms. The molecule has 0 saturated carbocycles. The number of aromatic nitrogens is 1. The maximum Gasteiger partial charge on any atom is 0.230 e. The minimum Gasteiger partial charge on any atom is -0.361 e. The second-order valence-corrected chi connectivity index (χ2v) is 6.60. The predicted molar refractivity (Wildman–Crippen MR) is 98.0 cm³/mol. The second-order valence-electron chi connectivity index (χ2n) is 6.60. The van der Waals surface area contributed by atoms with Crippen molar-refractivity contribution in [1.82, 2.24) is 15.0 Å². The Kier molecular flexibility index (Phi) is 6.17. The molecule has 1 aliphatic heterocycles. The number of carbonyl (C=O) groups excluding carboxylic acids is 1. The second kappa shape index (κ2) is 8.76. The predicted octanol–water partition coefficient (Wildman–Crippen LogP) is 2.91. The fourth-order valence-electron chi connectivity index (χ4n) is 3.08. The van der Waals surface area contributed by atoms with Gasteiger partial charge in [0.15, 0.2) is 0 Å². The van der Waals surface area contributed by atoms with Crippen LogP contribution in [0.1, 0.15) is 23.4 Å². The van der Waals surface area contributed by atoms with Crippen molar-refractivity contribution in [2.24, 2.45) is 0 Å². The van der Waals surface area contributed by atoms with Crippen molar-refractivity contribution in [2.45, 2.75) is 19.8 Å². The van der Waals surface area contributed by atoms with Crippen LogP contribution in [0.4, 0.5) is 4.39 Å². The molecule has 6 heteroatoms. The summed E-state index contributed by atoms with van der Waals surface area (Å²) in [6.45, 7) is 5.95. The zero-order chi connectivity index (χ0) is 18.4. The summed E-state index contributed by atoms with van der Waals surface area (Å²) in [6, 6.07) is 8.26. The van der Waals surface area contributed by atoms with Crippen LogP contribution >= 0.6 is 0 Å². The van der Waals surface area contributed by atoms with Crippen LogP contribution in [-0.2, 0) is 11.2 Å². The van der Waals surface area contributed by atoms with E-state index >= 15 is 0 Å². The Bertz CT molecular complexity index is 755. The van der Waals surface area contributed by atoms with Gasteiger partial charge in [-0.15, -0.1) is 0 Å². The Morgan fingerprint density at radius 1 is 1.23 bits per heavy atom. The maximum atomic E-state index is 12.9. The van der Waals surface area contributed by atoms with E-state index in [-0.39, 0.29) is 18.1 Å². The summed E-state index contributed by atoms with van der Waals surface area (Å²) in [7, 11) is 0. The standard InChI is InChI=1S/C20H24FN3O2/c1-16-14-19(26-22-16)15-20(25)24-11-3-10-23(12-13-24)9-2-4-17-5-7-18(21)8-6-17/h2,4-8,14H,3,9-13,15H2,1H3/b4-2+. The summed E-state index contributed by atoms with van der Waals surface area (Å²) in [4.78, 5) is 16.7. The van der Waals surface area contributed by atoms with Crippen LogP contribution in [0.2, 0.25) is 0 Å². The molecule has 0 radical (unpaired) electrons. The number of amides is 1. The van der Waals surface area contributed by atoms with Crippen molar-refractivity contribution in [3.63, 3.8) is 0 Å². The van der Waals surface area contributed by atoms with E-state index in [1.807, 2.05) is 24.0 Å². The third-order valence-corrected chi connectivity index (χ3v) is 4.49. The average Bonchev–Trinajstić information content (AvgIpc) is 2.89. The number of halogens is 1. The summed E-state index contributed by atoms with van der Waals surface area (Å²) in [5.74, 6) is 0.487. The third-order valence-electron chi connectivity index (χ3n) is 4.49. The van der Waals surface area contributed by atoms with Gasteiger partial charge in [-0.3, -0.25) is 9.69 Å². The molecule has 1 aromatic carbocycles. The topological polar surface area (TPSA) is 49.6 Å². The average molecular weight is 357 g/mol. The lowest BCUT2D eigenvalue weighted by molar-refractivity contribution is -0.130. The van der Waals surface area contributed by atoms with Gasteiger partial charge in [0.2, 0.25) is 5.91 Å². The van der Waals surface area contributed by atoms with Gasteiger partial charge in [-0.25, -0.2) is 4.39 Å². The highest BCUT2D eigenvalue weighted by molar-refractivity contribution is 5.78. The number of benzene rings is 1. The fourth-order valence-corrected chi connectivity index (χ4v) is 3.08. The van der Waals surface area contributed by atoms with Crippen LogP contribution in [0.15, 0.2) is 40.9 Å². The number of nitrogens with zero attached hydrogens (tertiary/aromatic N) is 3. The normalized spacial score (nSPS) is 16.2. The first kappa shape index (κ1) is 18.3. The summed E-state index contributed by atoms with van der Waals surface area (Å²) in [5.41, 5.74) is 1.78. The first-order valence-electron chi connectivity index (χ1n) is 8.94. The van der Waals surface area contributed by atoms with E-state index in [2.05, 4.69) is 16.1 Å². The molecule has 0 unspecified atom stereocenters. The molecule has 2 heterocycles. The molecule has 1 fully saturated rings. The molecule has 0 spiro atoms. The lowest BCUT2D eigenvalue weighted by atomic mass is 10.2. The number of rotatable bonds is 5. The van der Waals surface area contributed by atoms with Crippen molar-refractivity contribution in [1.29, 1.82) is 0 Å². The molecule has 1 amide bonds. The highest BCUT2D eigenvalue weighted by Gasteiger charge is 2.20. The van der Waals surface area contributed by atoms with Crippen LogP contribution in [0, 0.1) is 12.7 Å². The van der Waals surface area contributed by atoms with Crippen LogP contribution in [0.5, 0.6) is 0 Å². The van der Waals surface area contributed by atoms with E-state index in [0.29, 0.717) is 5.76 Å². The summed E-state index contributed by atoms with van der Waals surface area (Å²) in [6.07, 6.45) is 5.30. The van der Waals surface area contributed by atoms with Gasteiger partial charge in [-0.2, -0.15) is 0 Å². The zero-order valence-electron chi connectivity index (χ0n) is 15.0. The Balaban J connectivity index is 1.46. The molecule has 0 atom stereocenters. The summed E-state index contributed by atoms with van der Waals surface area (Å²) >= 11 is 0. The van der Waals surface area contributed by atoms with Crippen LogP contribution in [-0.4, -0.2) is 53.6 Å². The number of hydrogen-bond donors (Lipinski definition) is 0. The van der Waals surface area contributed by atoms with Crippen LogP contribution in [0.25, 0.3) is 6.08 Å². The molecule has 3 rings (SSSR count). The lowest BCUT2D eigenvalue weighted by Crippen LogP contribution is -2.36. The molecule has 138 valence electrons. The minimum absolute atomic E-state index is 0.0878. The summed E-state index contributed by atoms with van der Waals surface area (Å²) in [5, 5.41) is 3.83. The van der Waals surface area contributed by atoms with Crippen molar-refractivity contribution in [3.8, 4) is 0 Å². The van der Waals surface area contributed by atoms with Gasteiger partial charge in [0, 0.05) is 38.8 Å². The maximum absolute atomic E-state index is 12.9. The molecular weight excluding hydrogens is 333 g/mol. The molecule has 5 nitrogen and oxygen atoms in total. The first-order chi connectivity index (χ1) is 12.6. The van der Waals surface area contributed by atoms with Gasteiger partial charge >= 0.3 is 0 Å². The molecule has 1 aromatic heterocycles. The van der Waals surface area contributed by atoms with Gasteiger partial charge < -0.3 is 9.42 Å². The Morgan fingerprint density at radius 3 is 2.77 bits per heavy atom. The highest BCUT2D eigenvalue weighted by Crippen LogP contribution is 2.10. The van der Waals surface area contributed by atoms with Crippen LogP contribution < -0.4 is 0 Å². The molecule has 26 heavy (non-hydrogen) atoms. The third kappa shape index (κ3) is 5.26. The van der Waals surface area contributed by atoms with Crippen molar-refractivity contribution in [2.75, 3.05) is 32.7 Å². The Labute approximate surface area is 153 Å². The van der Waals surface area contributed by atoms with Crippen molar-refractivity contribution < 1.29 is 13.7 Å². The summed E-state index contributed by atoms with van der Waals surface area (Å²) < 4.78 is 18.1. The SMILES string of the molecule is Cc1cc(CC(=O)N2CCCN(C/C=C/c3ccc(F)cc3)CC2)on1. The van der Waals surface area contributed by atoms with Crippen LogP contribution in [0.3, 0.4) is 0 Å². The smallest absolute Gasteiger partial charge is 0.230 e. The van der Waals surface area contributed by atoms with E-state index in [4.69, 9.17) is 4.52 Å². The quantitative estimate of drug-likeness (QED) is 0.826. The van der Waals surface area contributed by atoms with Gasteiger partial charge in [-0.05, 0) is 31.0 Å². The zero-order valence-corrected chi connectivity index (χ0v) is 15.0. The van der Waals surface area contributed by atoms with E-state index in [9.17, 15) is 9.18 Å². The number of hydrogen-bond acceptors (Lipinski definition) is 4. The van der Waals surface area contributed by atoms with E-state index in [1.54, 1.807) is 12.1 Å². The first-order valence-corrected chi connectivity index (χ1v) is 8.94. The minimum atomic E-state index is -0.222. The van der Waals surface area contributed by atoms with Gasteiger partial charge in [0.05, 0.1) is 12.1 Å². The largest absolute Gasteiger partial charge is 0.361 e. The molecule has 1 aliphatic rings.